The molecule has 1 unspecified atom stereocenters. The Morgan fingerprint density at radius 2 is 1.61 bits per heavy atom. The SMILES string of the molecule is CCCCCCCCCCC(=O)NC(C=O)Cc1ccccc1. The van der Waals surface area contributed by atoms with Crippen LogP contribution in [0.4, 0.5) is 0 Å². The quantitative estimate of drug-likeness (QED) is 0.432. The lowest BCUT2D eigenvalue weighted by Crippen LogP contribution is -2.37. The van der Waals surface area contributed by atoms with Gasteiger partial charge in [-0.05, 0) is 18.4 Å². The van der Waals surface area contributed by atoms with E-state index in [1.807, 2.05) is 30.3 Å². The second-order valence-corrected chi connectivity index (χ2v) is 6.22. The molecular formula is C20H31NO2. The van der Waals surface area contributed by atoms with Crippen molar-refractivity contribution in [3.05, 3.63) is 35.9 Å². The van der Waals surface area contributed by atoms with Gasteiger partial charge in [-0.3, -0.25) is 4.79 Å². The molecular weight excluding hydrogens is 286 g/mol. The van der Waals surface area contributed by atoms with Crippen molar-refractivity contribution in [1.29, 1.82) is 0 Å². The molecule has 0 spiro atoms. The van der Waals surface area contributed by atoms with Crippen LogP contribution < -0.4 is 5.32 Å². The predicted octanol–water partition coefficient (Wildman–Crippen LogP) is 4.44. The van der Waals surface area contributed by atoms with Crippen molar-refractivity contribution >= 4 is 12.2 Å². The standard InChI is InChI=1S/C20H31NO2/c1-2-3-4-5-6-7-8-12-15-20(23)21-19(17-22)16-18-13-10-9-11-14-18/h9-11,13-14,17,19H,2-8,12,15-16H2,1H3,(H,21,23). The van der Waals surface area contributed by atoms with Crippen LogP contribution in [0.15, 0.2) is 30.3 Å². The molecule has 0 bridgehead atoms. The van der Waals surface area contributed by atoms with E-state index >= 15 is 0 Å². The molecule has 128 valence electrons. The first-order chi connectivity index (χ1) is 11.3. The van der Waals surface area contributed by atoms with E-state index in [1.54, 1.807) is 0 Å². The van der Waals surface area contributed by atoms with E-state index in [0.29, 0.717) is 12.8 Å². The van der Waals surface area contributed by atoms with Gasteiger partial charge < -0.3 is 10.1 Å². The third-order valence-corrected chi connectivity index (χ3v) is 4.07. The lowest BCUT2D eigenvalue weighted by atomic mass is 10.1. The fraction of sp³-hybridized carbons (Fsp3) is 0.600. The van der Waals surface area contributed by atoms with Gasteiger partial charge >= 0.3 is 0 Å². The number of carbonyl (C=O) groups is 2. The Hall–Kier alpha value is -1.64. The summed E-state index contributed by atoms with van der Waals surface area (Å²) in [7, 11) is 0. The molecule has 1 rings (SSSR count). The molecule has 1 atom stereocenters. The molecule has 0 heterocycles. The Morgan fingerprint density at radius 1 is 1.00 bits per heavy atom. The van der Waals surface area contributed by atoms with Crippen molar-refractivity contribution in [3.63, 3.8) is 0 Å². The minimum Gasteiger partial charge on any atom is -0.346 e. The molecule has 1 amide bonds. The first-order valence-corrected chi connectivity index (χ1v) is 9.04. The van der Waals surface area contributed by atoms with Gasteiger partial charge in [0.1, 0.15) is 6.29 Å². The average Bonchev–Trinajstić information content (AvgIpc) is 2.57. The summed E-state index contributed by atoms with van der Waals surface area (Å²) in [5.41, 5.74) is 1.07. The van der Waals surface area contributed by atoms with Crippen molar-refractivity contribution < 1.29 is 9.59 Å². The molecule has 3 heteroatoms. The van der Waals surface area contributed by atoms with Gasteiger partial charge in [0.15, 0.2) is 0 Å². The number of unbranched alkanes of at least 4 members (excludes halogenated alkanes) is 7. The number of benzene rings is 1. The second kappa shape index (κ2) is 12.9. The van der Waals surface area contributed by atoms with Crippen LogP contribution in [0, 0.1) is 0 Å². The molecule has 0 radical (unpaired) electrons. The Balaban J connectivity index is 2.11. The van der Waals surface area contributed by atoms with E-state index in [4.69, 9.17) is 0 Å². The summed E-state index contributed by atoms with van der Waals surface area (Å²) in [5.74, 6) is -0.0102. The van der Waals surface area contributed by atoms with Crippen molar-refractivity contribution in [3.8, 4) is 0 Å². The van der Waals surface area contributed by atoms with Gasteiger partial charge in [-0.15, -0.1) is 0 Å². The molecule has 0 aliphatic rings. The van der Waals surface area contributed by atoms with Crippen molar-refractivity contribution in [1.82, 2.24) is 5.32 Å². The number of nitrogens with one attached hydrogen (secondary N) is 1. The number of amides is 1. The van der Waals surface area contributed by atoms with Gasteiger partial charge in [0.2, 0.25) is 5.91 Å². The first kappa shape index (κ1) is 19.4. The van der Waals surface area contributed by atoms with Gasteiger partial charge in [-0.1, -0.05) is 82.2 Å². The van der Waals surface area contributed by atoms with E-state index in [-0.39, 0.29) is 5.91 Å². The number of aldehydes is 1. The van der Waals surface area contributed by atoms with Crippen LogP contribution in [0.5, 0.6) is 0 Å². The lowest BCUT2D eigenvalue weighted by molar-refractivity contribution is -0.124. The van der Waals surface area contributed by atoms with Crippen molar-refractivity contribution in [2.24, 2.45) is 0 Å². The minimum atomic E-state index is -0.418. The maximum absolute atomic E-state index is 11.9. The van der Waals surface area contributed by atoms with Gasteiger partial charge in [0.05, 0.1) is 6.04 Å². The Morgan fingerprint density at radius 3 is 2.22 bits per heavy atom. The van der Waals surface area contributed by atoms with E-state index < -0.39 is 6.04 Å². The highest BCUT2D eigenvalue weighted by molar-refractivity contribution is 5.79. The summed E-state index contributed by atoms with van der Waals surface area (Å²) in [6.07, 6.45) is 11.7. The summed E-state index contributed by atoms with van der Waals surface area (Å²) < 4.78 is 0. The molecule has 23 heavy (non-hydrogen) atoms. The highest BCUT2D eigenvalue weighted by Gasteiger charge is 2.11. The van der Waals surface area contributed by atoms with Crippen LogP contribution in [-0.4, -0.2) is 18.2 Å². The summed E-state index contributed by atoms with van der Waals surface area (Å²) in [6.45, 7) is 2.23. The topological polar surface area (TPSA) is 46.2 Å². The third-order valence-electron chi connectivity index (χ3n) is 4.07. The maximum atomic E-state index is 11.9. The van der Waals surface area contributed by atoms with E-state index in [2.05, 4.69) is 12.2 Å². The largest absolute Gasteiger partial charge is 0.346 e. The van der Waals surface area contributed by atoms with Crippen LogP contribution in [0.2, 0.25) is 0 Å². The van der Waals surface area contributed by atoms with E-state index in [1.165, 1.54) is 38.5 Å². The Kier molecular flexibility index (Phi) is 10.9. The average molecular weight is 317 g/mol. The normalized spacial score (nSPS) is 11.9. The number of rotatable bonds is 13. The number of hydrogen-bond donors (Lipinski definition) is 1. The lowest BCUT2D eigenvalue weighted by Gasteiger charge is -2.12. The highest BCUT2D eigenvalue weighted by atomic mass is 16.2. The van der Waals surface area contributed by atoms with Crippen LogP contribution in [0.25, 0.3) is 0 Å². The predicted molar refractivity (Wildman–Crippen MR) is 95.4 cm³/mol. The molecule has 1 aromatic rings. The molecule has 3 nitrogen and oxygen atoms in total. The summed E-state index contributed by atoms with van der Waals surface area (Å²) in [5, 5.41) is 2.83. The Labute approximate surface area is 140 Å². The van der Waals surface area contributed by atoms with Crippen LogP contribution in [0.1, 0.15) is 70.3 Å². The van der Waals surface area contributed by atoms with Gasteiger partial charge in [0, 0.05) is 6.42 Å². The van der Waals surface area contributed by atoms with Crippen LogP contribution in [0.3, 0.4) is 0 Å². The van der Waals surface area contributed by atoms with Crippen molar-refractivity contribution in [2.75, 3.05) is 0 Å². The zero-order chi connectivity index (χ0) is 16.8. The zero-order valence-electron chi connectivity index (χ0n) is 14.4. The fourth-order valence-corrected chi connectivity index (χ4v) is 2.70. The van der Waals surface area contributed by atoms with E-state index in [9.17, 15) is 9.59 Å². The van der Waals surface area contributed by atoms with Gasteiger partial charge in [-0.25, -0.2) is 0 Å². The number of hydrogen-bond acceptors (Lipinski definition) is 2. The van der Waals surface area contributed by atoms with Crippen molar-refractivity contribution in [2.45, 2.75) is 77.2 Å². The third kappa shape index (κ3) is 9.88. The molecule has 0 aromatic heterocycles. The van der Waals surface area contributed by atoms with Crippen LogP contribution in [-0.2, 0) is 16.0 Å². The summed E-state index contributed by atoms with van der Waals surface area (Å²) in [6, 6.07) is 9.36. The highest BCUT2D eigenvalue weighted by Crippen LogP contribution is 2.09. The molecule has 0 aliphatic heterocycles. The Bertz CT molecular complexity index is 431. The minimum absolute atomic E-state index is 0.0102. The number of carbonyl (C=O) groups excluding carboxylic acids is 2. The smallest absolute Gasteiger partial charge is 0.220 e. The summed E-state index contributed by atoms with van der Waals surface area (Å²) in [4.78, 5) is 23.0. The first-order valence-electron chi connectivity index (χ1n) is 9.04. The maximum Gasteiger partial charge on any atom is 0.220 e. The molecule has 0 aliphatic carbocycles. The monoisotopic (exact) mass is 317 g/mol. The molecule has 0 saturated heterocycles. The molecule has 0 saturated carbocycles. The molecule has 1 N–H and O–H groups in total. The summed E-state index contributed by atoms with van der Waals surface area (Å²) >= 11 is 0. The van der Waals surface area contributed by atoms with E-state index in [0.717, 1.165) is 24.7 Å². The molecule has 0 fully saturated rings. The zero-order valence-corrected chi connectivity index (χ0v) is 14.4. The van der Waals surface area contributed by atoms with Crippen LogP contribution >= 0.6 is 0 Å². The fourth-order valence-electron chi connectivity index (χ4n) is 2.70. The van der Waals surface area contributed by atoms with Gasteiger partial charge in [-0.2, -0.15) is 0 Å². The van der Waals surface area contributed by atoms with Gasteiger partial charge in [0.25, 0.3) is 0 Å². The second-order valence-electron chi connectivity index (χ2n) is 6.22. The molecule has 1 aromatic carbocycles.